The van der Waals surface area contributed by atoms with Crippen molar-refractivity contribution in [1.82, 2.24) is 15.8 Å². The zero-order chi connectivity index (χ0) is 18.0. The van der Waals surface area contributed by atoms with Crippen LogP contribution in [0, 0.1) is 13.8 Å². The fourth-order valence-electron chi connectivity index (χ4n) is 2.80. The summed E-state index contributed by atoms with van der Waals surface area (Å²) in [5.74, 6) is 0.677. The Morgan fingerprint density at radius 1 is 1.20 bits per heavy atom. The van der Waals surface area contributed by atoms with Crippen LogP contribution >= 0.6 is 0 Å². The second-order valence-electron chi connectivity index (χ2n) is 5.98. The first kappa shape index (κ1) is 16.9. The van der Waals surface area contributed by atoms with Gasteiger partial charge in [0, 0.05) is 23.0 Å². The van der Waals surface area contributed by atoms with Crippen molar-refractivity contribution in [3.05, 3.63) is 58.8 Å². The molecule has 0 aliphatic heterocycles. The highest BCUT2D eigenvalue weighted by Gasteiger charge is 2.15. The first-order valence-electron chi connectivity index (χ1n) is 7.97. The van der Waals surface area contributed by atoms with E-state index in [-0.39, 0.29) is 11.7 Å². The summed E-state index contributed by atoms with van der Waals surface area (Å²) < 4.78 is 5.23. The molecule has 1 amide bonds. The van der Waals surface area contributed by atoms with Crippen LogP contribution in [0.25, 0.3) is 10.9 Å². The predicted octanol–water partition coefficient (Wildman–Crippen LogP) is 2.93. The Morgan fingerprint density at radius 2 is 2.00 bits per heavy atom. The van der Waals surface area contributed by atoms with Crippen LogP contribution in [-0.4, -0.2) is 23.1 Å². The van der Waals surface area contributed by atoms with Crippen LogP contribution < -0.4 is 15.6 Å². The van der Waals surface area contributed by atoms with Crippen molar-refractivity contribution in [2.75, 3.05) is 7.11 Å². The number of phenolic OH excluding ortho intramolecular Hbond substituents is 1. The van der Waals surface area contributed by atoms with Crippen LogP contribution in [0.2, 0.25) is 0 Å². The minimum Gasteiger partial charge on any atom is -0.508 e. The average Bonchev–Trinajstić information content (AvgIpc) is 2.94. The van der Waals surface area contributed by atoms with Gasteiger partial charge >= 0.3 is 0 Å². The van der Waals surface area contributed by atoms with Gasteiger partial charge in [0.2, 0.25) is 0 Å². The van der Waals surface area contributed by atoms with E-state index in [2.05, 4.69) is 15.8 Å². The van der Waals surface area contributed by atoms with Crippen molar-refractivity contribution in [3.63, 3.8) is 0 Å². The smallest absolute Gasteiger partial charge is 0.282 e. The summed E-state index contributed by atoms with van der Waals surface area (Å²) in [5.41, 5.74) is 9.50. The molecule has 0 atom stereocenters. The summed E-state index contributed by atoms with van der Waals surface area (Å²) in [6, 6.07) is 11.0. The third-order valence-corrected chi connectivity index (χ3v) is 4.21. The van der Waals surface area contributed by atoms with E-state index in [0.717, 1.165) is 33.3 Å². The van der Waals surface area contributed by atoms with Crippen LogP contribution in [0.3, 0.4) is 0 Å². The summed E-state index contributed by atoms with van der Waals surface area (Å²) >= 11 is 0. The van der Waals surface area contributed by atoms with Crippen molar-refractivity contribution in [2.24, 2.45) is 0 Å². The molecule has 0 saturated carbocycles. The first-order chi connectivity index (χ1) is 12.0. The molecule has 0 bridgehead atoms. The number of benzene rings is 2. The molecule has 3 rings (SSSR count). The van der Waals surface area contributed by atoms with Gasteiger partial charge in [0.1, 0.15) is 17.2 Å². The Hall–Kier alpha value is -2.99. The number of aryl methyl sites for hydroxylation is 2. The molecule has 0 saturated heterocycles. The Kier molecular flexibility index (Phi) is 4.63. The van der Waals surface area contributed by atoms with Crippen LogP contribution in [0.1, 0.15) is 27.2 Å². The number of carbonyl (C=O) groups excluding carboxylic acids is 1. The van der Waals surface area contributed by atoms with Crippen LogP contribution in [0.15, 0.2) is 36.4 Å². The number of carbonyl (C=O) groups is 1. The van der Waals surface area contributed by atoms with Crippen molar-refractivity contribution < 1.29 is 14.6 Å². The van der Waals surface area contributed by atoms with Crippen molar-refractivity contribution >= 4 is 16.8 Å². The van der Waals surface area contributed by atoms with E-state index in [4.69, 9.17) is 4.74 Å². The molecule has 6 nitrogen and oxygen atoms in total. The maximum absolute atomic E-state index is 12.4. The fourth-order valence-corrected chi connectivity index (χ4v) is 2.80. The monoisotopic (exact) mass is 339 g/mol. The number of fused-ring (bicyclic) bond motifs is 1. The quantitative estimate of drug-likeness (QED) is 0.538. The molecular formula is C19H21N3O3. The number of H-pyrrole nitrogens is 1. The number of amides is 1. The van der Waals surface area contributed by atoms with E-state index in [1.807, 2.05) is 44.2 Å². The Labute approximate surface area is 145 Å². The van der Waals surface area contributed by atoms with Gasteiger partial charge in [-0.25, -0.2) is 5.43 Å². The highest BCUT2D eigenvalue weighted by atomic mass is 16.5. The van der Waals surface area contributed by atoms with Gasteiger partial charge in [0.25, 0.3) is 5.91 Å². The van der Waals surface area contributed by atoms with E-state index in [9.17, 15) is 9.90 Å². The average molecular weight is 339 g/mol. The standard InChI is InChI=1S/C19H21N3O3/c1-11-4-7-17(23)13(8-11)10-20-22-19(24)18-12(2)15-9-14(25-3)5-6-16(15)21-18/h4-9,20-21,23H,10H2,1-3H3,(H,22,24). The number of nitrogens with one attached hydrogen (secondary N) is 3. The Morgan fingerprint density at radius 3 is 2.76 bits per heavy atom. The van der Waals surface area contributed by atoms with Gasteiger partial charge in [-0.15, -0.1) is 0 Å². The molecule has 0 aliphatic rings. The first-order valence-corrected chi connectivity index (χ1v) is 7.97. The van der Waals surface area contributed by atoms with Gasteiger partial charge in [-0.1, -0.05) is 17.7 Å². The van der Waals surface area contributed by atoms with Crippen molar-refractivity contribution in [3.8, 4) is 11.5 Å². The summed E-state index contributed by atoms with van der Waals surface area (Å²) in [6.45, 7) is 4.16. The zero-order valence-electron chi connectivity index (χ0n) is 14.4. The number of rotatable bonds is 5. The molecule has 3 aromatic rings. The topological polar surface area (TPSA) is 86.4 Å². The summed E-state index contributed by atoms with van der Waals surface area (Å²) in [4.78, 5) is 15.6. The van der Waals surface area contributed by atoms with Gasteiger partial charge in [0.05, 0.1) is 7.11 Å². The van der Waals surface area contributed by atoms with E-state index in [1.165, 1.54) is 0 Å². The lowest BCUT2D eigenvalue weighted by molar-refractivity contribution is 0.0927. The van der Waals surface area contributed by atoms with Crippen LogP contribution in [0.4, 0.5) is 0 Å². The van der Waals surface area contributed by atoms with Crippen molar-refractivity contribution in [2.45, 2.75) is 20.4 Å². The lowest BCUT2D eigenvalue weighted by Crippen LogP contribution is -2.37. The molecule has 1 aromatic heterocycles. The number of aromatic amines is 1. The summed E-state index contributed by atoms with van der Waals surface area (Å²) in [7, 11) is 1.61. The van der Waals surface area contributed by atoms with Crippen molar-refractivity contribution in [1.29, 1.82) is 0 Å². The van der Waals surface area contributed by atoms with Crippen LogP contribution in [0.5, 0.6) is 11.5 Å². The van der Waals surface area contributed by atoms with Crippen LogP contribution in [-0.2, 0) is 6.54 Å². The maximum Gasteiger partial charge on any atom is 0.282 e. The van der Waals surface area contributed by atoms with Gasteiger partial charge < -0.3 is 14.8 Å². The molecule has 25 heavy (non-hydrogen) atoms. The van der Waals surface area contributed by atoms with Gasteiger partial charge in [-0.05, 0) is 43.7 Å². The molecular weight excluding hydrogens is 318 g/mol. The Bertz CT molecular complexity index is 931. The lowest BCUT2D eigenvalue weighted by Gasteiger charge is -2.09. The zero-order valence-corrected chi connectivity index (χ0v) is 14.4. The molecule has 0 fully saturated rings. The number of ether oxygens (including phenoxy) is 1. The predicted molar refractivity (Wildman–Crippen MR) is 96.7 cm³/mol. The number of methoxy groups -OCH3 is 1. The minimum absolute atomic E-state index is 0.196. The second-order valence-corrected chi connectivity index (χ2v) is 5.98. The molecule has 0 unspecified atom stereocenters. The normalized spacial score (nSPS) is 10.8. The van der Waals surface area contributed by atoms with Gasteiger partial charge in [-0.3, -0.25) is 10.2 Å². The number of phenols is 1. The van der Waals surface area contributed by atoms with E-state index < -0.39 is 0 Å². The number of aromatic hydroxyl groups is 1. The third kappa shape index (κ3) is 3.44. The number of hydrogen-bond donors (Lipinski definition) is 4. The molecule has 0 spiro atoms. The van der Waals surface area contributed by atoms with E-state index in [0.29, 0.717) is 12.2 Å². The minimum atomic E-state index is -0.264. The second kappa shape index (κ2) is 6.86. The summed E-state index contributed by atoms with van der Waals surface area (Å²) in [5, 5.41) is 10.8. The maximum atomic E-state index is 12.4. The molecule has 130 valence electrons. The number of hydrazine groups is 1. The van der Waals surface area contributed by atoms with E-state index >= 15 is 0 Å². The largest absolute Gasteiger partial charge is 0.508 e. The highest BCUT2D eigenvalue weighted by molar-refractivity contribution is 6.00. The van der Waals surface area contributed by atoms with Gasteiger partial charge in [-0.2, -0.15) is 0 Å². The number of aromatic nitrogens is 1. The molecule has 1 heterocycles. The highest BCUT2D eigenvalue weighted by Crippen LogP contribution is 2.26. The molecule has 2 aromatic carbocycles. The molecule has 6 heteroatoms. The molecule has 0 radical (unpaired) electrons. The fraction of sp³-hybridized carbons (Fsp3) is 0.211. The van der Waals surface area contributed by atoms with E-state index in [1.54, 1.807) is 13.2 Å². The lowest BCUT2D eigenvalue weighted by atomic mass is 10.1. The SMILES string of the molecule is COc1ccc2[nH]c(C(=O)NNCc3cc(C)ccc3O)c(C)c2c1. The van der Waals surface area contributed by atoms with Gasteiger partial charge in [0.15, 0.2) is 0 Å². The number of hydrogen-bond acceptors (Lipinski definition) is 4. The Balaban J connectivity index is 1.72. The summed E-state index contributed by atoms with van der Waals surface area (Å²) in [6.07, 6.45) is 0. The molecule has 4 N–H and O–H groups in total. The third-order valence-electron chi connectivity index (χ3n) is 4.21. The molecule has 0 aliphatic carbocycles.